The molecule has 0 saturated heterocycles. The van der Waals surface area contributed by atoms with Gasteiger partial charge in [0, 0.05) is 6.42 Å². The van der Waals surface area contributed by atoms with Crippen LogP contribution in [0.25, 0.3) is 0 Å². The summed E-state index contributed by atoms with van der Waals surface area (Å²) in [6.07, 6.45) is 9.06. The summed E-state index contributed by atoms with van der Waals surface area (Å²) in [4.78, 5) is 11.1. The first-order valence-corrected chi connectivity index (χ1v) is 5.51. The molecule has 14 heavy (non-hydrogen) atoms. The quantitative estimate of drug-likeness (QED) is 0.356. The van der Waals surface area contributed by atoms with Gasteiger partial charge in [-0.15, -0.1) is 0 Å². The second-order valence-electron chi connectivity index (χ2n) is 3.69. The molecule has 0 aliphatic rings. The number of rotatable bonds is 7. The molecule has 0 aromatic heterocycles. The molecule has 0 saturated carbocycles. The van der Waals surface area contributed by atoms with Gasteiger partial charge in [-0.3, -0.25) is 4.79 Å². The fraction of sp³-hybridized carbons (Fsp3) is 0.750. The maximum absolute atomic E-state index is 11.1. The Bertz CT molecular complexity index is 171. The summed E-state index contributed by atoms with van der Waals surface area (Å²) in [5.41, 5.74) is 0. The Hall–Kier alpha value is -0.790. The topological polar surface area (TPSA) is 26.3 Å². The van der Waals surface area contributed by atoms with Crippen molar-refractivity contribution >= 4 is 5.97 Å². The number of carbonyl (C=O) groups excluding carboxylic acids is 1. The number of esters is 1. The van der Waals surface area contributed by atoms with Crippen LogP contribution in [0.3, 0.4) is 0 Å². The zero-order valence-corrected chi connectivity index (χ0v) is 9.58. The van der Waals surface area contributed by atoms with Gasteiger partial charge in [0.2, 0.25) is 0 Å². The molecular formula is C12H22O2. The van der Waals surface area contributed by atoms with Crippen LogP contribution >= 0.6 is 0 Å². The minimum absolute atomic E-state index is 0.0122. The SMILES string of the molecule is CCC/C=C\CCCC(=O)OC(C)C. The van der Waals surface area contributed by atoms with Crippen LogP contribution in [0.15, 0.2) is 12.2 Å². The number of unbranched alkanes of at least 4 members (excludes halogenated alkanes) is 2. The molecule has 0 bridgehead atoms. The van der Waals surface area contributed by atoms with E-state index < -0.39 is 0 Å². The summed E-state index contributed by atoms with van der Waals surface area (Å²) in [6, 6.07) is 0. The molecule has 0 heterocycles. The minimum Gasteiger partial charge on any atom is -0.463 e. The summed E-state index contributed by atoms with van der Waals surface area (Å²) in [7, 11) is 0. The predicted molar refractivity (Wildman–Crippen MR) is 59.1 cm³/mol. The smallest absolute Gasteiger partial charge is 0.306 e. The molecule has 0 aromatic rings. The highest BCUT2D eigenvalue weighted by Gasteiger charge is 2.03. The van der Waals surface area contributed by atoms with Gasteiger partial charge >= 0.3 is 5.97 Å². The van der Waals surface area contributed by atoms with E-state index in [1.54, 1.807) is 0 Å². The Balaban J connectivity index is 3.31. The van der Waals surface area contributed by atoms with E-state index in [2.05, 4.69) is 19.1 Å². The van der Waals surface area contributed by atoms with Crippen LogP contribution in [0.4, 0.5) is 0 Å². The molecule has 0 unspecified atom stereocenters. The maximum Gasteiger partial charge on any atom is 0.306 e. The van der Waals surface area contributed by atoms with Crippen molar-refractivity contribution in [3.8, 4) is 0 Å². The summed E-state index contributed by atoms with van der Waals surface area (Å²) in [6.45, 7) is 5.91. The van der Waals surface area contributed by atoms with E-state index in [1.807, 2.05) is 13.8 Å². The van der Waals surface area contributed by atoms with Crippen LogP contribution in [-0.4, -0.2) is 12.1 Å². The molecule has 0 aromatic carbocycles. The molecule has 82 valence electrons. The average Bonchev–Trinajstić information content (AvgIpc) is 2.10. The van der Waals surface area contributed by atoms with Gasteiger partial charge < -0.3 is 4.74 Å². The van der Waals surface area contributed by atoms with Crippen LogP contribution in [0, 0.1) is 0 Å². The largest absolute Gasteiger partial charge is 0.463 e. The third-order valence-electron chi connectivity index (χ3n) is 1.74. The third-order valence-corrected chi connectivity index (χ3v) is 1.74. The third kappa shape index (κ3) is 9.30. The Labute approximate surface area is 87.3 Å². The molecule has 0 spiro atoms. The van der Waals surface area contributed by atoms with Gasteiger partial charge in [0.1, 0.15) is 0 Å². The molecule has 2 heteroatoms. The van der Waals surface area contributed by atoms with Crippen molar-refractivity contribution in [1.29, 1.82) is 0 Å². The minimum atomic E-state index is -0.0797. The first-order chi connectivity index (χ1) is 6.66. The van der Waals surface area contributed by atoms with Gasteiger partial charge in [-0.25, -0.2) is 0 Å². The van der Waals surface area contributed by atoms with E-state index >= 15 is 0 Å². The number of hydrogen-bond donors (Lipinski definition) is 0. The van der Waals surface area contributed by atoms with Gasteiger partial charge in [-0.1, -0.05) is 25.5 Å². The Kier molecular flexibility index (Phi) is 8.30. The number of ether oxygens (including phenoxy) is 1. The zero-order valence-electron chi connectivity index (χ0n) is 9.58. The Morgan fingerprint density at radius 3 is 2.50 bits per heavy atom. The van der Waals surface area contributed by atoms with E-state index in [0.717, 1.165) is 19.3 Å². The van der Waals surface area contributed by atoms with E-state index in [0.29, 0.717) is 6.42 Å². The molecule has 0 aliphatic heterocycles. The lowest BCUT2D eigenvalue weighted by Crippen LogP contribution is -2.10. The van der Waals surface area contributed by atoms with Gasteiger partial charge in [0.05, 0.1) is 6.10 Å². The van der Waals surface area contributed by atoms with Crippen LogP contribution in [-0.2, 0) is 9.53 Å². The van der Waals surface area contributed by atoms with Crippen molar-refractivity contribution in [1.82, 2.24) is 0 Å². The number of carbonyl (C=O) groups is 1. The first kappa shape index (κ1) is 13.2. The van der Waals surface area contributed by atoms with Crippen LogP contribution < -0.4 is 0 Å². The number of allylic oxidation sites excluding steroid dienone is 2. The lowest BCUT2D eigenvalue weighted by molar-refractivity contribution is -0.147. The zero-order chi connectivity index (χ0) is 10.8. The number of hydrogen-bond acceptors (Lipinski definition) is 2. The highest BCUT2D eigenvalue weighted by atomic mass is 16.5. The van der Waals surface area contributed by atoms with E-state index in [4.69, 9.17) is 4.74 Å². The Morgan fingerprint density at radius 1 is 1.29 bits per heavy atom. The molecule has 0 radical (unpaired) electrons. The lowest BCUT2D eigenvalue weighted by atomic mass is 10.2. The van der Waals surface area contributed by atoms with Crippen molar-refractivity contribution < 1.29 is 9.53 Å². The molecule has 0 rings (SSSR count). The van der Waals surface area contributed by atoms with Gasteiger partial charge in [-0.2, -0.15) is 0 Å². The molecular weight excluding hydrogens is 176 g/mol. The highest BCUT2D eigenvalue weighted by Crippen LogP contribution is 2.02. The molecule has 0 N–H and O–H groups in total. The summed E-state index contributed by atoms with van der Waals surface area (Å²) >= 11 is 0. The normalized spacial score (nSPS) is 11.1. The summed E-state index contributed by atoms with van der Waals surface area (Å²) in [5, 5.41) is 0. The van der Waals surface area contributed by atoms with Crippen molar-refractivity contribution in [2.45, 2.75) is 59.0 Å². The van der Waals surface area contributed by atoms with Gasteiger partial charge in [0.25, 0.3) is 0 Å². The van der Waals surface area contributed by atoms with Gasteiger partial charge in [0.15, 0.2) is 0 Å². The molecule has 0 amide bonds. The standard InChI is InChI=1S/C12H22O2/c1-4-5-6-7-8-9-10-12(13)14-11(2)3/h6-7,11H,4-5,8-10H2,1-3H3/b7-6-. The predicted octanol–water partition coefficient (Wildman–Crippen LogP) is 3.46. The van der Waals surface area contributed by atoms with Crippen LogP contribution in [0.2, 0.25) is 0 Å². The van der Waals surface area contributed by atoms with Crippen molar-refractivity contribution in [3.05, 3.63) is 12.2 Å². The average molecular weight is 198 g/mol. The van der Waals surface area contributed by atoms with Gasteiger partial charge in [-0.05, 0) is 33.1 Å². The Morgan fingerprint density at radius 2 is 1.93 bits per heavy atom. The summed E-state index contributed by atoms with van der Waals surface area (Å²) < 4.78 is 5.01. The fourth-order valence-corrected chi connectivity index (χ4v) is 1.09. The maximum atomic E-state index is 11.1. The van der Waals surface area contributed by atoms with Crippen molar-refractivity contribution in [2.75, 3.05) is 0 Å². The summed E-state index contributed by atoms with van der Waals surface area (Å²) in [5.74, 6) is -0.0797. The van der Waals surface area contributed by atoms with E-state index in [-0.39, 0.29) is 12.1 Å². The lowest BCUT2D eigenvalue weighted by Gasteiger charge is -2.06. The fourth-order valence-electron chi connectivity index (χ4n) is 1.09. The van der Waals surface area contributed by atoms with Crippen LogP contribution in [0.5, 0.6) is 0 Å². The monoisotopic (exact) mass is 198 g/mol. The molecule has 0 atom stereocenters. The van der Waals surface area contributed by atoms with E-state index in [1.165, 1.54) is 6.42 Å². The molecule has 0 aliphatic carbocycles. The highest BCUT2D eigenvalue weighted by molar-refractivity contribution is 5.69. The second kappa shape index (κ2) is 8.79. The van der Waals surface area contributed by atoms with E-state index in [9.17, 15) is 4.79 Å². The van der Waals surface area contributed by atoms with Crippen LogP contribution in [0.1, 0.15) is 52.9 Å². The molecule has 0 fully saturated rings. The second-order valence-corrected chi connectivity index (χ2v) is 3.69. The van der Waals surface area contributed by atoms with Crippen molar-refractivity contribution in [3.63, 3.8) is 0 Å². The van der Waals surface area contributed by atoms with Crippen molar-refractivity contribution in [2.24, 2.45) is 0 Å². The first-order valence-electron chi connectivity index (χ1n) is 5.51. The molecule has 2 nitrogen and oxygen atoms in total.